The van der Waals surface area contributed by atoms with Crippen LogP contribution >= 0.6 is 0 Å². The van der Waals surface area contributed by atoms with Crippen LogP contribution in [-0.2, 0) is 6.42 Å². The van der Waals surface area contributed by atoms with E-state index in [1.54, 1.807) is 0 Å². The number of hydrogen-bond donors (Lipinski definition) is 1. The molecule has 0 radical (unpaired) electrons. The second kappa shape index (κ2) is 7.49. The van der Waals surface area contributed by atoms with Gasteiger partial charge in [-0.25, -0.2) is 4.98 Å². The van der Waals surface area contributed by atoms with E-state index in [1.165, 1.54) is 5.56 Å². The Kier molecular flexibility index (Phi) is 5.39. The second-order valence-corrected chi connectivity index (χ2v) is 5.02. The summed E-state index contributed by atoms with van der Waals surface area (Å²) in [5.41, 5.74) is 1.60. The summed E-state index contributed by atoms with van der Waals surface area (Å²) in [5, 5.41) is 12.3. The van der Waals surface area contributed by atoms with E-state index in [9.17, 15) is 0 Å². The van der Waals surface area contributed by atoms with Crippen molar-refractivity contribution < 1.29 is 4.42 Å². The van der Waals surface area contributed by atoms with Crippen molar-refractivity contribution in [2.45, 2.75) is 39.0 Å². The fourth-order valence-corrected chi connectivity index (χ4v) is 2.31. The highest BCUT2D eigenvalue weighted by molar-refractivity contribution is 5.45. The summed E-state index contributed by atoms with van der Waals surface area (Å²) in [5.74, 6) is 1.44. The van der Waals surface area contributed by atoms with Gasteiger partial charge in [0.25, 0.3) is 0 Å². The Bertz CT molecular complexity index is 594. The lowest BCUT2D eigenvalue weighted by Crippen LogP contribution is -2.05. The lowest BCUT2D eigenvalue weighted by molar-refractivity contribution is 0.439. The van der Waals surface area contributed by atoms with Crippen molar-refractivity contribution in [1.29, 1.82) is 5.26 Å². The van der Waals surface area contributed by atoms with E-state index in [4.69, 9.17) is 9.68 Å². The van der Waals surface area contributed by atoms with Crippen molar-refractivity contribution in [2.75, 3.05) is 11.9 Å². The molecule has 0 bridgehead atoms. The number of nitriles is 1. The quantitative estimate of drug-likeness (QED) is 0.830. The molecule has 4 nitrogen and oxygen atoms in total. The fraction of sp³-hybridized carbons (Fsp3) is 0.412. The standard InChI is InChI=1S/C17H21N3O/c1-3-14(4-2)16-20-15(12-18)17(21-16)19-11-10-13-8-6-5-7-9-13/h5-9,14,19H,3-4,10-11H2,1-2H3. The molecule has 0 fully saturated rings. The molecule has 2 rings (SSSR count). The molecule has 110 valence electrons. The third-order valence-corrected chi connectivity index (χ3v) is 3.63. The Morgan fingerprint density at radius 2 is 1.95 bits per heavy atom. The average molecular weight is 283 g/mol. The molecule has 0 saturated carbocycles. The monoisotopic (exact) mass is 283 g/mol. The van der Waals surface area contributed by atoms with Crippen LogP contribution in [0.1, 0.15) is 49.8 Å². The van der Waals surface area contributed by atoms with Gasteiger partial charge in [-0.15, -0.1) is 0 Å². The van der Waals surface area contributed by atoms with E-state index in [1.807, 2.05) is 18.2 Å². The molecule has 0 aliphatic carbocycles. The van der Waals surface area contributed by atoms with Crippen molar-refractivity contribution in [1.82, 2.24) is 4.98 Å². The Hall–Kier alpha value is -2.28. The SMILES string of the molecule is CCC(CC)c1nc(C#N)c(NCCc2ccccc2)o1. The van der Waals surface area contributed by atoms with E-state index in [0.717, 1.165) is 25.8 Å². The maximum absolute atomic E-state index is 9.16. The minimum atomic E-state index is 0.279. The van der Waals surface area contributed by atoms with Crippen molar-refractivity contribution in [3.63, 3.8) is 0 Å². The van der Waals surface area contributed by atoms with Crippen molar-refractivity contribution in [3.8, 4) is 6.07 Å². The van der Waals surface area contributed by atoms with Gasteiger partial charge in [-0.1, -0.05) is 44.2 Å². The van der Waals surface area contributed by atoms with Crippen LogP contribution in [0.4, 0.5) is 5.88 Å². The Labute approximate surface area is 125 Å². The highest BCUT2D eigenvalue weighted by Crippen LogP contribution is 2.27. The summed E-state index contributed by atoms with van der Waals surface area (Å²) in [6.07, 6.45) is 2.81. The number of nitrogens with zero attached hydrogens (tertiary/aromatic N) is 2. The number of anilines is 1. The number of benzene rings is 1. The zero-order valence-corrected chi connectivity index (χ0v) is 12.6. The largest absolute Gasteiger partial charge is 0.424 e. The Balaban J connectivity index is 2.01. The van der Waals surface area contributed by atoms with Crippen molar-refractivity contribution in [2.24, 2.45) is 0 Å². The van der Waals surface area contributed by atoms with Crippen LogP contribution in [-0.4, -0.2) is 11.5 Å². The zero-order chi connectivity index (χ0) is 15.1. The number of oxazole rings is 1. The molecule has 21 heavy (non-hydrogen) atoms. The van der Waals surface area contributed by atoms with Crippen LogP contribution in [0, 0.1) is 11.3 Å². The van der Waals surface area contributed by atoms with Crippen LogP contribution in [0.15, 0.2) is 34.7 Å². The molecule has 4 heteroatoms. The van der Waals surface area contributed by atoms with Gasteiger partial charge in [0.15, 0.2) is 0 Å². The van der Waals surface area contributed by atoms with E-state index < -0.39 is 0 Å². The van der Waals surface area contributed by atoms with Crippen molar-refractivity contribution >= 4 is 5.88 Å². The van der Waals surface area contributed by atoms with E-state index in [2.05, 4.69) is 42.4 Å². The predicted molar refractivity (Wildman–Crippen MR) is 83.2 cm³/mol. The molecule has 0 unspecified atom stereocenters. The molecule has 0 atom stereocenters. The maximum atomic E-state index is 9.16. The minimum Gasteiger partial charge on any atom is -0.424 e. The van der Waals surface area contributed by atoms with Gasteiger partial charge in [0.2, 0.25) is 17.5 Å². The smallest absolute Gasteiger partial charge is 0.232 e. The third kappa shape index (κ3) is 3.85. The van der Waals surface area contributed by atoms with Gasteiger partial charge in [-0.2, -0.15) is 5.26 Å². The number of nitrogens with one attached hydrogen (secondary N) is 1. The highest BCUT2D eigenvalue weighted by Gasteiger charge is 2.18. The molecule has 1 aromatic carbocycles. The van der Waals surface area contributed by atoms with Gasteiger partial charge in [0.1, 0.15) is 6.07 Å². The number of hydrogen-bond acceptors (Lipinski definition) is 4. The first-order chi connectivity index (χ1) is 10.3. The summed E-state index contributed by atoms with van der Waals surface area (Å²) in [6.45, 7) is 4.93. The topological polar surface area (TPSA) is 61.9 Å². The lowest BCUT2D eigenvalue weighted by atomic mass is 10.0. The van der Waals surface area contributed by atoms with Crippen LogP contribution in [0.25, 0.3) is 0 Å². The summed E-state index contributed by atoms with van der Waals surface area (Å²) in [6, 6.07) is 12.3. The summed E-state index contributed by atoms with van der Waals surface area (Å²) >= 11 is 0. The zero-order valence-electron chi connectivity index (χ0n) is 12.6. The van der Waals surface area contributed by atoms with Crippen LogP contribution < -0.4 is 5.32 Å². The van der Waals surface area contributed by atoms with Gasteiger partial charge in [-0.3, -0.25) is 0 Å². The molecular weight excluding hydrogens is 262 g/mol. The molecule has 0 amide bonds. The first-order valence-electron chi connectivity index (χ1n) is 7.47. The van der Waals surface area contributed by atoms with Crippen LogP contribution in [0.3, 0.4) is 0 Å². The summed E-state index contributed by atoms with van der Waals surface area (Å²) in [4.78, 5) is 4.31. The van der Waals surface area contributed by atoms with E-state index in [-0.39, 0.29) is 5.92 Å². The second-order valence-electron chi connectivity index (χ2n) is 5.02. The predicted octanol–water partition coefficient (Wildman–Crippen LogP) is 4.10. The van der Waals surface area contributed by atoms with Gasteiger partial charge < -0.3 is 9.73 Å². The van der Waals surface area contributed by atoms with E-state index in [0.29, 0.717) is 17.5 Å². The molecule has 1 N–H and O–H groups in total. The van der Waals surface area contributed by atoms with Gasteiger partial charge in [-0.05, 0) is 24.8 Å². The molecular formula is C17H21N3O. The number of aromatic nitrogens is 1. The van der Waals surface area contributed by atoms with Gasteiger partial charge in [0, 0.05) is 12.5 Å². The number of rotatable bonds is 7. The first-order valence-corrected chi connectivity index (χ1v) is 7.47. The molecule has 1 aromatic heterocycles. The first kappa shape index (κ1) is 15.1. The Morgan fingerprint density at radius 3 is 2.57 bits per heavy atom. The third-order valence-electron chi connectivity index (χ3n) is 3.63. The molecule has 0 spiro atoms. The summed E-state index contributed by atoms with van der Waals surface area (Å²) in [7, 11) is 0. The van der Waals surface area contributed by atoms with Crippen molar-refractivity contribution in [3.05, 3.63) is 47.5 Å². The van der Waals surface area contributed by atoms with Gasteiger partial charge in [0.05, 0.1) is 0 Å². The Morgan fingerprint density at radius 1 is 1.24 bits per heavy atom. The van der Waals surface area contributed by atoms with Crippen LogP contribution in [0.5, 0.6) is 0 Å². The minimum absolute atomic E-state index is 0.279. The van der Waals surface area contributed by atoms with Crippen LogP contribution in [0.2, 0.25) is 0 Å². The molecule has 0 aliphatic heterocycles. The summed E-state index contributed by atoms with van der Waals surface area (Å²) < 4.78 is 5.74. The molecule has 2 aromatic rings. The van der Waals surface area contributed by atoms with E-state index >= 15 is 0 Å². The fourth-order valence-electron chi connectivity index (χ4n) is 2.31. The average Bonchev–Trinajstić information content (AvgIpc) is 2.93. The lowest BCUT2D eigenvalue weighted by Gasteiger charge is -2.06. The molecule has 1 heterocycles. The van der Waals surface area contributed by atoms with Gasteiger partial charge >= 0.3 is 0 Å². The molecule has 0 aliphatic rings. The maximum Gasteiger partial charge on any atom is 0.232 e. The highest BCUT2D eigenvalue weighted by atomic mass is 16.4. The normalized spacial score (nSPS) is 10.6. The molecule has 0 saturated heterocycles.